The maximum absolute atomic E-state index is 13.7. The Bertz CT molecular complexity index is 1150. The molecule has 40 heavy (non-hydrogen) atoms. The lowest BCUT2D eigenvalue weighted by Gasteiger charge is -2.39. The van der Waals surface area contributed by atoms with Gasteiger partial charge in [-0.2, -0.15) is 26.3 Å². The summed E-state index contributed by atoms with van der Waals surface area (Å²) in [5.41, 5.74) is -2.35. The van der Waals surface area contributed by atoms with Gasteiger partial charge in [-0.3, -0.25) is 9.69 Å². The Morgan fingerprint density at radius 2 is 1.57 bits per heavy atom. The van der Waals surface area contributed by atoms with Crippen LogP contribution in [0.3, 0.4) is 0 Å². The molecule has 4 rings (SSSR count). The maximum atomic E-state index is 13.7. The average Bonchev–Trinajstić information content (AvgIpc) is 3.24. The molecule has 0 aromatic heterocycles. The lowest BCUT2D eigenvalue weighted by molar-refractivity contribution is -0.146. The normalized spacial score (nSPS) is 27.1. The quantitative estimate of drug-likeness (QED) is 0.344. The zero-order chi connectivity index (χ0) is 29.4. The predicted molar refractivity (Wildman–Crippen MR) is 133 cm³/mol. The number of piperidine rings is 1. The van der Waals surface area contributed by atoms with E-state index in [2.05, 4.69) is 6.92 Å². The van der Waals surface area contributed by atoms with E-state index >= 15 is 0 Å². The van der Waals surface area contributed by atoms with E-state index in [0.717, 1.165) is 12.0 Å². The number of aliphatic carboxylic acids is 1. The monoisotopic (exact) mass is 575 g/mol. The van der Waals surface area contributed by atoms with E-state index in [1.54, 1.807) is 12.1 Å². The summed E-state index contributed by atoms with van der Waals surface area (Å²) in [5, 5.41) is 9.77. The second-order valence-electron chi connectivity index (χ2n) is 11.1. The van der Waals surface area contributed by atoms with Crippen molar-refractivity contribution in [1.82, 2.24) is 4.90 Å². The number of carbonyl (C=O) groups is 1. The van der Waals surface area contributed by atoms with Crippen molar-refractivity contribution in [1.29, 1.82) is 0 Å². The molecule has 0 spiro atoms. The minimum absolute atomic E-state index is 0.0849. The smallest absolute Gasteiger partial charge is 0.416 e. The molecule has 2 aromatic rings. The van der Waals surface area contributed by atoms with E-state index in [-0.39, 0.29) is 23.5 Å². The van der Waals surface area contributed by atoms with Gasteiger partial charge in [-0.1, -0.05) is 19.1 Å². The summed E-state index contributed by atoms with van der Waals surface area (Å²) in [7, 11) is 0. The van der Waals surface area contributed by atoms with Gasteiger partial charge in [-0.15, -0.1) is 0 Å². The van der Waals surface area contributed by atoms with Gasteiger partial charge in [0.1, 0.15) is 11.9 Å². The van der Waals surface area contributed by atoms with Gasteiger partial charge in [0.15, 0.2) is 0 Å². The molecular weight excluding hydrogens is 543 g/mol. The summed E-state index contributed by atoms with van der Waals surface area (Å²) < 4.78 is 100. The highest BCUT2D eigenvalue weighted by Gasteiger charge is 2.43. The fourth-order valence-corrected chi connectivity index (χ4v) is 6.15. The minimum Gasteiger partial charge on any atom is -0.480 e. The standard InChI is InChI=1S/C29H32F7NO3/c1-16-3-9-24(27(38)39)37(14-16)15-19-6-10-25(26(19)18-4-7-23(30)8-5-18)40-17(2)20-11-21(28(31,32)33)13-22(12-20)29(34,35)36/h4-5,7-8,11-13,16-17,19,24-26H,3,6,9-10,14-15H2,1-2H3,(H,38,39)/t16-,17+,19-,24+,25-,26-/m0/s1. The molecule has 0 unspecified atom stereocenters. The fourth-order valence-electron chi connectivity index (χ4n) is 6.15. The number of likely N-dealkylation sites (tertiary alicyclic amines) is 1. The highest BCUT2D eigenvalue weighted by atomic mass is 19.4. The van der Waals surface area contributed by atoms with Crippen molar-refractivity contribution in [2.75, 3.05) is 13.1 Å². The largest absolute Gasteiger partial charge is 0.480 e. The van der Waals surface area contributed by atoms with Crippen LogP contribution in [0.1, 0.15) is 73.8 Å². The number of hydrogen-bond acceptors (Lipinski definition) is 3. The van der Waals surface area contributed by atoms with Gasteiger partial charge in [0.05, 0.1) is 23.3 Å². The lowest BCUT2D eigenvalue weighted by Crippen LogP contribution is -2.49. The first-order valence-corrected chi connectivity index (χ1v) is 13.3. The lowest BCUT2D eigenvalue weighted by atomic mass is 9.85. The Morgan fingerprint density at radius 3 is 2.12 bits per heavy atom. The van der Waals surface area contributed by atoms with Crippen molar-refractivity contribution < 1.29 is 45.4 Å². The molecule has 1 saturated carbocycles. The Kier molecular flexibility index (Phi) is 8.85. The molecule has 6 atom stereocenters. The molecule has 4 nitrogen and oxygen atoms in total. The van der Waals surface area contributed by atoms with Crippen molar-refractivity contribution in [3.05, 3.63) is 70.5 Å². The number of ether oxygens (including phenoxy) is 1. The molecule has 11 heteroatoms. The first kappa shape index (κ1) is 30.3. The van der Waals surface area contributed by atoms with E-state index in [0.29, 0.717) is 50.4 Å². The van der Waals surface area contributed by atoms with Crippen LogP contribution in [0.2, 0.25) is 0 Å². The molecule has 1 saturated heterocycles. The van der Waals surface area contributed by atoms with Gasteiger partial charge < -0.3 is 9.84 Å². The fraction of sp³-hybridized carbons (Fsp3) is 0.552. The third-order valence-corrected chi connectivity index (χ3v) is 8.12. The second kappa shape index (κ2) is 11.7. The number of halogens is 7. The summed E-state index contributed by atoms with van der Waals surface area (Å²) in [4.78, 5) is 13.9. The van der Waals surface area contributed by atoms with E-state index in [1.165, 1.54) is 19.1 Å². The number of rotatable bonds is 7. The van der Waals surface area contributed by atoms with Crippen LogP contribution in [-0.4, -0.2) is 41.2 Å². The highest BCUT2D eigenvalue weighted by molar-refractivity contribution is 5.73. The molecular formula is C29H32F7NO3. The highest BCUT2D eigenvalue weighted by Crippen LogP contribution is 2.45. The SMILES string of the molecule is C[C@H]1CC[C@H](C(=O)O)N(C[C@@H]2CC[C@H](O[C@H](C)c3cc(C(F)(F)F)cc(C(F)(F)F)c3)[C@H]2c2ccc(F)cc2)C1. The van der Waals surface area contributed by atoms with Crippen LogP contribution in [-0.2, 0) is 21.9 Å². The molecule has 0 amide bonds. The Balaban J connectivity index is 1.62. The maximum Gasteiger partial charge on any atom is 0.416 e. The average molecular weight is 576 g/mol. The summed E-state index contributed by atoms with van der Waals surface area (Å²) in [6.07, 6.45) is -9.26. The van der Waals surface area contributed by atoms with Crippen LogP contribution in [0.25, 0.3) is 0 Å². The third kappa shape index (κ3) is 6.97. The minimum atomic E-state index is -4.98. The topological polar surface area (TPSA) is 49.8 Å². The molecule has 0 radical (unpaired) electrons. The van der Waals surface area contributed by atoms with Gasteiger partial charge in [0.25, 0.3) is 0 Å². The molecule has 1 aliphatic heterocycles. The van der Waals surface area contributed by atoms with Crippen molar-refractivity contribution >= 4 is 5.97 Å². The number of benzene rings is 2. The molecule has 1 heterocycles. The number of alkyl halides is 6. The van der Waals surface area contributed by atoms with E-state index in [9.17, 15) is 40.6 Å². The van der Waals surface area contributed by atoms with E-state index in [4.69, 9.17) is 4.74 Å². The van der Waals surface area contributed by atoms with Gasteiger partial charge in [0, 0.05) is 19.0 Å². The number of carboxylic acid groups (broad SMARTS) is 1. The van der Waals surface area contributed by atoms with E-state index in [1.807, 2.05) is 4.90 Å². The van der Waals surface area contributed by atoms with Gasteiger partial charge in [-0.05, 0) is 85.9 Å². The first-order chi connectivity index (χ1) is 18.6. The van der Waals surface area contributed by atoms with Crippen LogP contribution in [0.5, 0.6) is 0 Å². The first-order valence-electron chi connectivity index (χ1n) is 13.3. The van der Waals surface area contributed by atoms with Crippen LogP contribution in [0, 0.1) is 17.7 Å². The van der Waals surface area contributed by atoms with Crippen LogP contribution in [0.15, 0.2) is 42.5 Å². The van der Waals surface area contributed by atoms with E-state index < -0.39 is 53.5 Å². The molecule has 1 aliphatic carbocycles. The second-order valence-corrected chi connectivity index (χ2v) is 11.1. The summed E-state index contributed by atoms with van der Waals surface area (Å²) in [6.45, 7) is 4.49. The molecule has 220 valence electrons. The number of hydrogen-bond donors (Lipinski definition) is 1. The van der Waals surface area contributed by atoms with Gasteiger partial charge in [-0.25, -0.2) is 4.39 Å². The molecule has 0 bridgehead atoms. The summed E-state index contributed by atoms with van der Waals surface area (Å²) in [6, 6.07) is 6.56. The third-order valence-electron chi connectivity index (χ3n) is 8.12. The van der Waals surface area contributed by atoms with Gasteiger partial charge >= 0.3 is 18.3 Å². The molecule has 1 N–H and O–H groups in total. The molecule has 2 aromatic carbocycles. The summed E-state index contributed by atoms with van der Waals surface area (Å²) in [5.74, 6) is -1.53. The molecule has 2 fully saturated rings. The van der Waals surface area contributed by atoms with Crippen LogP contribution in [0.4, 0.5) is 30.7 Å². The molecule has 2 aliphatic rings. The Hall–Kier alpha value is -2.66. The van der Waals surface area contributed by atoms with Gasteiger partial charge in [0.2, 0.25) is 0 Å². The Labute approximate surface area is 228 Å². The zero-order valence-electron chi connectivity index (χ0n) is 22.1. The summed E-state index contributed by atoms with van der Waals surface area (Å²) >= 11 is 0. The van der Waals surface area contributed by atoms with Crippen molar-refractivity contribution in [3.63, 3.8) is 0 Å². The zero-order valence-corrected chi connectivity index (χ0v) is 22.1. The van der Waals surface area contributed by atoms with Crippen molar-refractivity contribution in [3.8, 4) is 0 Å². The Morgan fingerprint density at radius 1 is 0.975 bits per heavy atom. The van der Waals surface area contributed by atoms with Crippen molar-refractivity contribution in [2.24, 2.45) is 11.8 Å². The number of nitrogens with zero attached hydrogens (tertiary/aromatic N) is 1. The van der Waals surface area contributed by atoms with Crippen LogP contribution >= 0.6 is 0 Å². The van der Waals surface area contributed by atoms with Crippen molar-refractivity contribution in [2.45, 2.75) is 76.1 Å². The van der Waals surface area contributed by atoms with Crippen LogP contribution < -0.4 is 0 Å². The predicted octanol–water partition coefficient (Wildman–Crippen LogP) is 7.69. The number of carboxylic acids is 1.